The van der Waals surface area contributed by atoms with Crippen LogP contribution in [0.1, 0.15) is 52.6 Å². The van der Waals surface area contributed by atoms with Gasteiger partial charge in [-0.05, 0) is 52.5 Å². The van der Waals surface area contributed by atoms with Gasteiger partial charge in [-0.15, -0.1) is 5.10 Å². The van der Waals surface area contributed by atoms with Crippen LogP contribution in [0.5, 0.6) is 0 Å². The molecule has 1 aromatic heterocycles. The zero-order valence-electron chi connectivity index (χ0n) is 19.0. The molecule has 0 bridgehead atoms. The average molecular weight is 421 g/mol. The zero-order chi connectivity index (χ0) is 22.3. The van der Waals surface area contributed by atoms with Crippen molar-refractivity contribution < 1.29 is 4.79 Å². The summed E-state index contributed by atoms with van der Waals surface area (Å²) in [5, 5.41) is 5.61. The van der Waals surface area contributed by atoms with Crippen molar-refractivity contribution >= 4 is 35.2 Å². The van der Waals surface area contributed by atoms with Gasteiger partial charge in [-0.3, -0.25) is 4.79 Å². The molecule has 0 N–H and O–H groups in total. The van der Waals surface area contributed by atoms with Crippen molar-refractivity contribution in [2.24, 2.45) is 15.4 Å². The molecule has 7 heteroatoms. The van der Waals surface area contributed by atoms with Crippen LogP contribution in [0.25, 0.3) is 10.9 Å². The molecule has 2 aliphatic rings. The van der Waals surface area contributed by atoms with Gasteiger partial charge in [-0.25, -0.2) is 14.7 Å². The van der Waals surface area contributed by atoms with Gasteiger partial charge in [0.25, 0.3) is 0 Å². The van der Waals surface area contributed by atoms with Crippen LogP contribution < -0.4 is 0 Å². The number of hydrogen-bond donors (Lipinski definition) is 0. The standard InChI is InChI=1S/C24H32N6O/c1-16-22(26-17(2)30-20-14-10-9-13-19(20)21(25-5)27-30)29(18-11-7-8-12-18)15-24(3,4)23(31)28(16)6/h9-10,13-14,17-18H,1,5,7-8,11-12,15H2,2-4,6H3. The van der Waals surface area contributed by atoms with Crippen molar-refractivity contribution in [3.63, 3.8) is 0 Å². The van der Waals surface area contributed by atoms with Crippen molar-refractivity contribution in [3.05, 3.63) is 36.5 Å². The summed E-state index contributed by atoms with van der Waals surface area (Å²) in [5.41, 5.74) is 1.09. The van der Waals surface area contributed by atoms with E-state index in [4.69, 9.17) is 4.99 Å². The van der Waals surface area contributed by atoms with E-state index in [-0.39, 0.29) is 12.1 Å². The van der Waals surface area contributed by atoms with Crippen molar-refractivity contribution in [1.29, 1.82) is 0 Å². The Hall–Kier alpha value is -2.96. The molecule has 1 aliphatic heterocycles. The lowest BCUT2D eigenvalue weighted by molar-refractivity contribution is -0.136. The fourth-order valence-electron chi connectivity index (χ4n) is 4.83. The number of nitrogens with zero attached hydrogens (tertiary/aromatic N) is 6. The maximum atomic E-state index is 13.1. The number of amidine groups is 1. The van der Waals surface area contributed by atoms with E-state index in [1.165, 1.54) is 12.8 Å². The van der Waals surface area contributed by atoms with E-state index in [2.05, 4.69) is 28.3 Å². The largest absolute Gasteiger partial charge is 0.351 e. The van der Waals surface area contributed by atoms with Crippen LogP contribution in [-0.4, -0.2) is 57.7 Å². The van der Waals surface area contributed by atoms with E-state index >= 15 is 0 Å². The van der Waals surface area contributed by atoms with Crippen LogP contribution in [0.2, 0.25) is 0 Å². The first-order valence-corrected chi connectivity index (χ1v) is 11.0. The topological polar surface area (TPSA) is 66.1 Å². The highest BCUT2D eigenvalue weighted by molar-refractivity contribution is 6.03. The van der Waals surface area contributed by atoms with Crippen LogP contribution in [-0.2, 0) is 4.79 Å². The molecule has 1 amide bonds. The van der Waals surface area contributed by atoms with Crippen molar-refractivity contribution in [2.75, 3.05) is 13.6 Å². The number of carbonyl (C=O) groups is 1. The second-order valence-corrected chi connectivity index (χ2v) is 9.29. The first kappa shape index (κ1) is 21.3. The molecule has 1 atom stereocenters. The molecule has 31 heavy (non-hydrogen) atoms. The minimum Gasteiger partial charge on any atom is -0.351 e. The van der Waals surface area contributed by atoms with Gasteiger partial charge in [0, 0.05) is 25.0 Å². The Bertz CT molecular complexity index is 1060. The van der Waals surface area contributed by atoms with E-state index in [9.17, 15) is 4.79 Å². The minimum absolute atomic E-state index is 0.0704. The molecule has 4 rings (SSSR count). The van der Waals surface area contributed by atoms with Gasteiger partial charge in [-0.1, -0.05) is 31.6 Å². The summed E-state index contributed by atoms with van der Waals surface area (Å²) in [5.74, 6) is 1.46. The smallest absolute Gasteiger partial charge is 0.234 e. The van der Waals surface area contributed by atoms with Crippen molar-refractivity contribution in [3.8, 4) is 0 Å². The Morgan fingerprint density at radius 2 is 1.90 bits per heavy atom. The maximum absolute atomic E-state index is 13.1. The summed E-state index contributed by atoms with van der Waals surface area (Å²) in [7, 11) is 1.80. The van der Waals surface area contributed by atoms with Gasteiger partial charge >= 0.3 is 0 Å². The molecule has 2 fully saturated rings. The summed E-state index contributed by atoms with van der Waals surface area (Å²) in [6, 6.07) is 8.34. The van der Waals surface area contributed by atoms with Crippen molar-refractivity contribution in [1.82, 2.24) is 19.6 Å². The summed E-state index contributed by atoms with van der Waals surface area (Å²) < 4.78 is 1.88. The molecule has 164 valence electrons. The molecule has 0 radical (unpaired) electrons. The SMILES string of the molecule is C=Nc1nn(C(C)N=C2C(=C)N(C)C(=O)C(C)(C)CN2C2CCCC2)c2ccccc12. The summed E-state index contributed by atoms with van der Waals surface area (Å²) in [4.78, 5) is 26.3. The van der Waals surface area contributed by atoms with E-state index in [0.717, 1.165) is 29.6 Å². The quantitative estimate of drug-likeness (QED) is 0.682. The lowest BCUT2D eigenvalue weighted by Gasteiger charge is -2.35. The normalized spacial score (nSPS) is 22.4. The molecule has 1 saturated carbocycles. The Kier molecular flexibility index (Phi) is 5.45. The summed E-state index contributed by atoms with van der Waals surface area (Å²) in [6.07, 6.45) is 4.35. The molecule has 1 aliphatic carbocycles. The van der Waals surface area contributed by atoms with Gasteiger partial charge in [0.2, 0.25) is 5.91 Å². The number of aromatic nitrogens is 2. The van der Waals surface area contributed by atoms with Gasteiger partial charge in [0.15, 0.2) is 5.82 Å². The number of fused-ring (bicyclic) bond motifs is 1. The Balaban J connectivity index is 1.81. The van der Waals surface area contributed by atoms with Crippen molar-refractivity contribution in [2.45, 2.75) is 58.7 Å². The van der Waals surface area contributed by atoms with Gasteiger partial charge in [0.1, 0.15) is 12.0 Å². The number of amides is 1. The number of likely N-dealkylation sites (N-methyl/N-ethyl adjacent to an activating group) is 1. The molecular formula is C24H32N6O. The number of rotatable bonds is 4. The predicted octanol–water partition coefficient (Wildman–Crippen LogP) is 4.54. The summed E-state index contributed by atoms with van der Waals surface area (Å²) >= 11 is 0. The van der Waals surface area contributed by atoms with E-state index in [1.807, 2.05) is 49.7 Å². The highest BCUT2D eigenvalue weighted by Gasteiger charge is 2.42. The van der Waals surface area contributed by atoms with Crippen LogP contribution in [0, 0.1) is 5.41 Å². The second kappa shape index (κ2) is 7.94. The van der Waals surface area contributed by atoms with E-state index in [0.29, 0.717) is 24.1 Å². The number of para-hydroxylation sites is 1. The molecule has 2 heterocycles. The minimum atomic E-state index is -0.515. The fraction of sp³-hybridized carbons (Fsp3) is 0.500. The fourth-order valence-corrected chi connectivity index (χ4v) is 4.83. The lowest BCUT2D eigenvalue weighted by atomic mass is 9.91. The first-order chi connectivity index (χ1) is 14.7. The third-order valence-corrected chi connectivity index (χ3v) is 6.56. The second-order valence-electron chi connectivity index (χ2n) is 9.29. The third kappa shape index (κ3) is 3.66. The highest BCUT2D eigenvalue weighted by Crippen LogP contribution is 2.34. The van der Waals surface area contributed by atoms with Crippen LogP contribution in [0.15, 0.2) is 46.5 Å². The first-order valence-electron chi connectivity index (χ1n) is 11.0. The number of hydrogen-bond acceptors (Lipinski definition) is 4. The molecule has 1 aromatic carbocycles. The Labute approximate surface area is 184 Å². The molecule has 1 unspecified atom stereocenters. The molecule has 1 saturated heterocycles. The molecule has 2 aromatic rings. The average Bonchev–Trinajstić information content (AvgIpc) is 3.41. The Morgan fingerprint density at radius 1 is 1.23 bits per heavy atom. The van der Waals surface area contributed by atoms with Crippen LogP contribution >= 0.6 is 0 Å². The van der Waals surface area contributed by atoms with E-state index < -0.39 is 5.41 Å². The molecule has 7 nitrogen and oxygen atoms in total. The lowest BCUT2D eigenvalue weighted by Crippen LogP contribution is -2.44. The third-order valence-electron chi connectivity index (χ3n) is 6.56. The van der Waals surface area contributed by atoms with Gasteiger partial charge in [0.05, 0.1) is 16.6 Å². The van der Waals surface area contributed by atoms with Gasteiger partial charge < -0.3 is 9.80 Å². The maximum Gasteiger partial charge on any atom is 0.234 e. The summed E-state index contributed by atoms with van der Waals surface area (Å²) in [6.45, 7) is 14.6. The molecule has 0 spiro atoms. The monoisotopic (exact) mass is 420 g/mol. The van der Waals surface area contributed by atoms with Crippen LogP contribution in [0.4, 0.5) is 5.82 Å². The zero-order valence-corrected chi connectivity index (χ0v) is 19.0. The number of benzene rings is 1. The number of aliphatic imine (C=N–C) groups is 2. The Morgan fingerprint density at radius 3 is 2.58 bits per heavy atom. The predicted molar refractivity (Wildman–Crippen MR) is 126 cm³/mol. The van der Waals surface area contributed by atoms with Gasteiger partial charge in [-0.2, -0.15) is 0 Å². The number of carbonyl (C=O) groups excluding carboxylic acids is 1. The van der Waals surface area contributed by atoms with Crippen LogP contribution in [0.3, 0.4) is 0 Å². The molecular weight excluding hydrogens is 388 g/mol. The van der Waals surface area contributed by atoms with E-state index in [1.54, 1.807) is 11.9 Å². The highest BCUT2D eigenvalue weighted by atomic mass is 16.2.